The third kappa shape index (κ3) is 1.02. The van der Waals surface area contributed by atoms with E-state index in [4.69, 9.17) is 10.8 Å². The first-order valence-electron chi connectivity index (χ1n) is 4.05. The van der Waals surface area contributed by atoms with Gasteiger partial charge in [0.15, 0.2) is 5.69 Å². The van der Waals surface area contributed by atoms with Crippen LogP contribution in [0, 0.1) is 0 Å². The molecule has 0 amide bonds. The van der Waals surface area contributed by atoms with E-state index in [2.05, 4.69) is 5.10 Å². The molecule has 5 nitrogen and oxygen atoms in total. The molecule has 5 heteroatoms. The Kier molecular flexibility index (Phi) is 1.67. The summed E-state index contributed by atoms with van der Waals surface area (Å²) in [7, 11) is 1.69. The van der Waals surface area contributed by atoms with E-state index in [9.17, 15) is 4.79 Å². The number of aromatic nitrogens is 2. The van der Waals surface area contributed by atoms with Gasteiger partial charge in [0.05, 0.1) is 10.9 Å². The molecule has 0 saturated heterocycles. The quantitative estimate of drug-likeness (QED) is 0.655. The van der Waals surface area contributed by atoms with E-state index in [0.717, 1.165) is 5.52 Å². The van der Waals surface area contributed by atoms with Gasteiger partial charge in [-0.15, -0.1) is 0 Å². The molecule has 0 aliphatic carbocycles. The summed E-state index contributed by atoms with van der Waals surface area (Å²) in [5, 5.41) is 13.3. The average Bonchev–Trinajstić information content (AvgIpc) is 2.46. The number of nitrogens with zero attached hydrogens (tertiary/aromatic N) is 2. The molecular formula is C9H9N3O2. The van der Waals surface area contributed by atoms with E-state index in [0.29, 0.717) is 11.1 Å². The predicted octanol–water partition coefficient (Wildman–Crippen LogP) is 0.854. The van der Waals surface area contributed by atoms with E-state index in [1.54, 1.807) is 25.2 Å². The molecule has 3 N–H and O–H groups in total. The molecule has 1 aromatic heterocycles. The number of anilines is 1. The molecule has 0 fully saturated rings. The Morgan fingerprint density at radius 1 is 1.57 bits per heavy atom. The number of aryl methyl sites for hydroxylation is 1. The van der Waals surface area contributed by atoms with Crippen molar-refractivity contribution >= 4 is 22.6 Å². The number of carboxylic acid groups (broad SMARTS) is 1. The lowest BCUT2D eigenvalue weighted by Gasteiger charge is -1.96. The molecule has 0 unspecified atom stereocenters. The maximum atomic E-state index is 10.8. The second-order valence-corrected chi connectivity index (χ2v) is 3.02. The normalized spacial score (nSPS) is 10.6. The number of hydrogen-bond donors (Lipinski definition) is 2. The molecule has 0 saturated carbocycles. The molecule has 2 aromatic rings. The summed E-state index contributed by atoms with van der Waals surface area (Å²) >= 11 is 0. The van der Waals surface area contributed by atoms with E-state index < -0.39 is 5.97 Å². The fourth-order valence-electron chi connectivity index (χ4n) is 1.49. The lowest BCUT2D eigenvalue weighted by Crippen LogP contribution is -2.00. The molecule has 0 aliphatic rings. The first-order valence-corrected chi connectivity index (χ1v) is 4.05. The van der Waals surface area contributed by atoms with E-state index in [1.165, 1.54) is 4.68 Å². The Morgan fingerprint density at radius 2 is 2.29 bits per heavy atom. The molecule has 72 valence electrons. The summed E-state index contributed by atoms with van der Waals surface area (Å²) in [5.74, 6) is -1.06. The summed E-state index contributed by atoms with van der Waals surface area (Å²) in [6.07, 6.45) is 0. The Labute approximate surface area is 79.7 Å². The zero-order valence-electron chi connectivity index (χ0n) is 7.56. The van der Waals surface area contributed by atoms with Gasteiger partial charge in [-0.05, 0) is 12.1 Å². The number of aromatic carboxylic acids is 1. The molecule has 0 atom stereocenters. The third-order valence-electron chi connectivity index (χ3n) is 2.11. The van der Waals surface area contributed by atoms with Crippen molar-refractivity contribution in [2.75, 3.05) is 5.73 Å². The van der Waals surface area contributed by atoms with Crippen LogP contribution in [0.15, 0.2) is 18.2 Å². The van der Waals surface area contributed by atoms with Crippen LogP contribution in [0.4, 0.5) is 5.69 Å². The van der Waals surface area contributed by atoms with Crippen molar-refractivity contribution in [1.82, 2.24) is 9.78 Å². The van der Waals surface area contributed by atoms with Gasteiger partial charge in [-0.25, -0.2) is 4.79 Å². The number of hydrogen-bond acceptors (Lipinski definition) is 3. The maximum Gasteiger partial charge on any atom is 0.357 e. The van der Waals surface area contributed by atoms with Gasteiger partial charge >= 0.3 is 5.97 Å². The number of rotatable bonds is 1. The van der Waals surface area contributed by atoms with Crippen LogP contribution in [0.2, 0.25) is 0 Å². The predicted molar refractivity (Wildman–Crippen MR) is 52.1 cm³/mol. The summed E-state index contributed by atoms with van der Waals surface area (Å²) in [6, 6.07) is 5.21. The van der Waals surface area contributed by atoms with Gasteiger partial charge in [0.2, 0.25) is 0 Å². The minimum Gasteiger partial charge on any atom is -0.476 e. The van der Waals surface area contributed by atoms with Gasteiger partial charge in [0.25, 0.3) is 0 Å². The first-order chi connectivity index (χ1) is 6.61. The van der Waals surface area contributed by atoms with Gasteiger partial charge in [0, 0.05) is 12.7 Å². The van der Waals surface area contributed by atoms with Crippen LogP contribution in [0.1, 0.15) is 10.5 Å². The van der Waals surface area contributed by atoms with Crippen molar-refractivity contribution in [3.8, 4) is 0 Å². The Balaban J connectivity index is 2.93. The van der Waals surface area contributed by atoms with Gasteiger partial charge in [0.1, 0.15) is 0 Å². The average molecular weight is 191 g/mol. The molecular weight excluding hydrogens is 182 g/mol. The Bertz CT molecular complexity index is 516. The fraction of sp³-hybridized carbons (Fsp3) is 0.111. The van der Waals surface area contributed by atoms with Crippen molar-refractivity contribution in [2.45, 2.75) is 0 Å². The number of nitrogens with two attached hydrogens (primary N) is 1. The van der Waals surface area contributed by atoms with Gasteiger partial charge < -0.3 is 10.8 Å². The largest absolute Gasteiger partial charge is 0.476 e. The van der Waals surface area contributed by atoms with Crippen LogP contribution >= 0.6 is 0 Å². The van der Waals surface area contributed by atoms with Gasteiger partial charge in [-0.2, -0.15) is 5.10 Å². The van der Waals surface area contributed by atoms with Crippen LogP contribution in [0.5, 0.6) is 0 Å². The summed E-state index contributed by atoms with van der Waals surface area (Å²) < 4.78 is 1.51. The van der Waals surface area contributed by atoms with E-state index in [-0.39, 0.29) is 5.69 Å². The van der Waals surface area contributed by atoms with Crippen molar-refractivity contribution in [1.29, 1.82) is 0 Å². The highest BCUT2D eigenvalue weighted by atomic mass is 16.4. The molecule has 1 aromatic carbocycles. The third-order valence-corrected chi connectivity index (χ3v) is 2.11. The van der Waals surface area contributed by atoms with E-state index >= 15 is 0 Å². The van der Waals surface area contributed by atoms with Crippen LogP contribution in [-0.4, -0.2) is 20.9 Å². The zero-order valence-corrected chi connectivity index (χ0v) is 7.56. The Hall–Kier alpha value is -2.04. The van der Waals surface area contributed by atoms with Crippen molar-refractivity contribution in [2.24, 2.45) is 7.05 Å². The molecule has 0 radical (unpaired) electrons. The van der Waals surface area contributed by atoms with Crippen LogP contribution in [-0.2, 0) is 7.05 Å². The highest BCUT2D eigenvalue weighted by Crippen LogP contribution is 2.23. The second-order valence-electron chi connectivity index (χ2n) is 3.02. The van der Waals surface area contributed by atoms with Crippen LogP contribution in [0.3, 0.4) is 0 Å². The molecule has 1 heterocycles. The van der Waals surface area contributed by atoms with Gasteiger partial charge in [-0.1, -0.05) is 6.07 Å². The first kappa shape index (κ1) is 8.55. The lowest BCUT2D eigenvalue weighted by atomic mass is 10.2. The molecule has 0 aliphatic heterocycles. The summed E-state index contributed by atoms with van der Waals surface area (Å²) in [4.78, 5) is 10.8. The van der Waals surface area contributed by atoms with Crippen molar-refractivity contribution < 1.29 is 9.90 Å². The highest BCUT2D eigenvalue weighted by molar-refractivity contribution is 6.06. The molecule has 2 rings (SSSR count). The number of nitrogen functional groups attached to an aromatic ring is 1. The Morgan fingerprint density at radius 3 is 2.93 bits per heavy atom. The number of carbonyl (C=O) groups is 1. The van der Waals surface area contributed by atoms with Crippen LogP contribution in [0.25, 0.3) is 10.9 Å². The van der Waals surface area contributed by atoms with Crippen LogP contribution < -0.4 is 5.73 Å². The maximum absolute atomic E-state index is 10.8. The standard InChI is InChI=1S/C9H9N3O2/c1-12-6-4-2-3-5(10)7(6)8(11-12)9(13)14/h2-4H,10H2,1H3,(H,13,14). The van der Waals surface area contributed by atoms with E-state index in [1.807, 2.05) is 0 Å². The minimum absolute atomic E-state index is 0.000556. The highest BCUT2D eigenvalue weighted by Gasteiger charge is 2.16. The topological polar surface area (TPSA) is 81.1 Å². The monoisotopic (exact) mass is 191 g/mol. The smallest absolute Gasteiger partial charge is 0.357 e. The molecule has 0 spiro atoms. The van der Waals surface area contributed by atoms with Gasteiger partial charge in [-0.3, -0.25) is 4.68 Å². The lowest BCUT2D eigenvalue weighted by molar-refractivity contribution is 0.0691. The van der Waals surface area contributed by atoms with Crippen molar-refractivity contribution in [3.05, 3.63) is 23.9 Å². The molecule has 14 heavy (non-hydrogen) atoms. The SMILES string of the molecule is Cn1nc(C(=O)O)c2c(N)cccc21. The zero-order chi connectivity index (χ0) is 10.3. The molecule has 0 bridgehead atoms. The summed E-state index contributed by atoms with van der Waals surface area (Å²) in [5.41, 5.74) is 6.85. The number of benzene rings is 1. The fourth-order valence-corrected chi connectivity index (χ4v) is 1.49. The number of carboxylic acids is 1. The van der Waals surface area contributed by atoms with Crippen molar-refractivity contribution in [3.63, 3.8) is 0 Å². The summed E-state index contributed by atoms with van der Waals surface area (Å²) in [6.45, 7) is 0. The number of fused-ring (bicyclic) bond motifs is 1. The minimum atomic E-state index is -1.06. The second kappa shape index (κ2) is 2.73.